The molecule has 0 atom stereocenters. The summed E-state index contributed by atoms with van der Waals surface area (Å²) in [5, 5.41) is 6.86. The van der Waals surface area contributed by atoms with Gasteiger partial charge in [-0.25, -0.2) is 9.98 Å². The number of aliphatic imine (C=N–C) groups is 1. The number of hydrogen-bond acceptors (Lipinski definition) is 3. The highest BCUT2D eigenvalue weighted by molar-refractivity contribution is 14.0. The van der Waals surface area contributed by atoms with Gasteiger partial charge in [-0.3, -0.25) is 0 Å². The zero-order valence-corrected chi connectivity index (χ0v) is 19.2. The van der Waals surface area contributed by atoms with E-state index in [0.717, 1.165) is 49.2 Å². The summed E-state index contributed by atoms with van der Waals surface area (Å²) in [4.78, 5) is 12.5. The van der Waals surface area contributed by atoms with Crippen LogP contribution in [0.5, 0.6) is 0 Å². The Hall–Kier alpha value is -1.61. The number of H-pyrrole nitrogens is 1. The van der Waals surface area contributed by atoms with Gasteiger partial charge in [-0.1, -0.05) is 36.8 Å². The number of nitrogens with one attached hydrogen (secondary N) is 3. The van der Waals surface area contributed by atoms with E-state index in [1.165, 1.54) is 19.3 Å². The van der Waals surface area contributed by atoms with Crippen molar-refractivity contribution in [2.24, 2.45) is 10.4 Å². The van der Waals surface area contributed by atoms with E-state index in [4.69, 9.17) is 9.73 Å². The zero-order valence-electron chi connectivity index (χ0n) is 16.8. The van der Waals surface area contributed by atoms with Crippen molar-refractivity contribution in [3.8, 4) is 11.3 Å². The molecule has 0 unspecified atom stereocenters. The Labute approximate surface area is 185 Å². The second-order valence-electron chi connectivity index (χ2n) is 7.25. The Kier molecular flexibility index (Phi) is 9.24. The number of hydrogen-bond donors (Lipinski definition) is 3. The van der Waals surface area contributed by atoms with Crippen LogP contribution in [0, 0.1) is 5.41 Å². The summed E-state index contributed by atoms with van der Waals surface area (Å²) in [6, 6.07) is 10.2. The number of methoxy groups -OCH3 is 1. The predicted octanol–water partition coefficient (Wildman–Crippen LogP) is 3.96. The van der Waals surface area contributed by atoms with E-state index in [0.29, 0.717) is 12.0 Å². The van der Waals surface area contributed by atoms with Gasteiger partial charge < -0.3 is 20.4 Å². The lowest BCUT2D eigenvalue weighted by molar-refractivity contribution is 0.0732. The van der Waals surface area contributed by atoms with Gasteiger partial charge in [-0.15, -0.1) is 24.0 Å². The fraction of sp³-hybridized carbons (Fsp3) is 0.524. The van der Waals surface area contributed by atoms with Crippen LogP contribution in [0.2, 0.25) is 0 Å². The Morgan fingerprint density at radius 2 is 2.04 bits per heavy atom. The average molecular weight is 497 g/mol. The minimum absolute atomic E-state index is 0. The fourth-order valence-corrected chi connectivity index (χ4v) is 3.48. The first-order valence-corrected chi connectivity index (χ1v) is 9.85. The smallest absolute Gasteiger partial charge is 0.191 e. The SMILES string of the molecule is CCNC(=NCc1ncc(-c2ccccc2)[nH]1)NCC1(CCOC)CCC1.I. The largest absolute Gasteiger partial charge is 0.385 e. The van der Waals surface area contributed by atoms with Gasteiger partial charge in [0.2, 0.25) is 0 Å². The Bertz CT molecular complexity index is 727. The molecule has 1 aliphatic rings. The standard InChI is InChI=1S/C21H31N5O.HI/c1-3-22-20(25-16-21(10-7-11-21)12-13-27-2)24-15-19-23-14-18(26-19)17-8-5-4-6-9-17;/h4-6,8-9,14H,3,7,10-13,15-16H2,1-2H3,(H,23,26)(H2,22,24,25);1H. The molecule has 3 rings (SSSR count). The van der Waals surface area contributed by atoms with Crippen LogP contribution in [-0.2, 0) is 11.3 Å². The van der Waals surface area contributed by atoms with Crippen molar-refractivity contribution in [1.29, 1.82) is 0 Å². The number of ether oxygens (including phenoxy) is 1. The maximum atomic E-state index is 5.29. The molecule has 1 fully saturated rings. The number of rotatable bonds is 9. The van der Waals surface area contributed by atoms with Crippen LogP contribution >= 0.6 is 24.0 Å². The number of imidazole rings is 1. The van der Waals surface area contributed by atoms with Gasteiger partial charge in [0.05, 0.1) is 11.9 Å². The van der Waals surface area contributed by atoms with E-state index in [-0.39, 0.29) is 24.0 Å². The van der Waals surface area contributed by atoms with E-state index < -0.39 is 0 Å². The first-order chi connectivity index (χ1) is 13.2. The Morgan fingerprint density at radius 1 is 1.25 bits per heavy atom. The number of benzene rings is 1. The van der Waals surface area contributed by atoms with Crippen molar-refractivity contribution >= 4 is 29.9 Å². The van der Waals surface area contributed by atoms with Gasteiger partial charge in [0.25, 0.3) is 0 Å². The highest BCUT2D eigenvalue weighted by atomic mass is 127. The molecule has 2 aromatic rings. The van der Waals surface area contributed by atoms with Gasteiger partial charge in [-0.05, 0) is 37.2 Å². The molecule has 154 valence electrons. The first kappa shape index (κ1) is 22.7. The molecular weight excluding hydrogens is 465 g/mol. The summed E-state index contributed by atoms with van der Waals surface area (Å²) in [6.45, 7) is 5.21. The van der Waals surface area contributed by atoms with Crippen LogP contribution in [0.15, 0.2) is 41.5 Å². The summed E-state index contributed by atoms with van der Waals surface area (Å²) in [5.41, 5.74) is 2.51. The second kappa shape index (κ2) is 11.4. The molecule has 0 aliphatic heterocycles. The molecule has 0 saturated heterocycles. The fourth-order valence-electron chi connectivity index (χ4n) is 3.48. The summed E-state index contributed by atoms with van der Waals surface area (Å²) < 4.78 is 5.29. The molecule has 3 N–H and O–H groups in total. The average Bonchev–Trinajstić information content (AvgIpc) is 3.14. The second-order valence-corrected chi connectivity index (χ2v) is 7.25. The van der Waals surface area contributed by atoms with Crippen molar-refractivity contribution in [3.05, 3.63) is 42.4 Å². The molecule has 0 bridgehead atoms. The van der Waals surface area contributed by atoms with E-state index in [9.17, 15) is 0 Å². The summed E-state index contributed by atoms with van der Waals surface area (Å²) in [5.74, 6) is 1.71. The topological polar surface area (TPSA) is 74.3 Å². The molecule has 0 amide bonds. The van der Waals surface area contributed by atoms with E-state index >= 15 is 0 Å². The van der Waals surface area contributed by atoms with Crippen molar-refractivity contribution in [2.75, 3.05) is 26.8 Å². The maximum Gasteiger partial charge on any atom is 0.191 e. The van der Waals surface area contributed by atoms with E-state index in [2.05, 4.69) is 39.7 Å². The van der Waals surface area contributed by atoms with Gasteiger partial charge in [0.15, 0.2) is 5.96 Å². The van der Waals surface area contributed by atoms with Crippen LogP contribution < -0.4 is 10.6 Å². The molecule has 6 nitrogen and oxygen atoms in total. The van der Waals surface area contributed by atoms with Crippen LogP contribution in [-0.4, -0.2) is 42.7 Å². The lowest BCUT2D eigenvalue weighted by atomic mass is 9.67. The molecule has 1 aromatic heterocycles. The van der Waals surface area contributed by atoms with Gasteiger partial charge in [0.1, 0.15) is 12.4 Å². The molecule has 0 radical (unpaired) electrons. The predicted molar refractivity (Wildman–Crippen MR) is 125 cm³/mol. The van der Waals surface area contributed by atoms with E-state index in [1.54, 1.807) is 7.11 Å². The quantitative estimate of drug-likeness (QED) is 0.279. The molecule has 0 spiro atoms. The number of aromatic amines is 1. The van der Waals surface area contributed by atoms with Crippen LogP contribution in [0.1, 0.15) is 38.4 Å². The number of aromatic nitrogens is 2. The van der Waals surface area contributed by atoms with E-state index in [1.807, 2.05) is 24.4 Å². The molecule has 1 aliphatic carbocycles. The van der Waals surface area contributed by atoms with Crippen LogP contribution in [0.4, 0.5) is 0 Å². The Morgan fingerprint density at radius 3 is 2.68 bits per heavy atom. The first-order valence-electron chi connectivity index (χ1n) is 9.85. The minimum Gasteiger partial charge on any atom is -0.385 e. The third-order valence-electron chi connectivity index (χ3n) is 5.33. The number of halogens is 1. The van der Waals surface area contributed by atoms with Crippen LogP contribution in [0.3, 0.4) is 0 Å². The van der Waals surface area contributed by atoms with Crippen molar-refractivity contribution in [3.63, 3.8) is 0 Å². The highest BCUT2D eigenvalue weighted by Crippen LogP contribution is 2.43. The molecule has 1 heterocycles. The van der Waals surface area contributed by atoms with Crippen molar-refractivity contribution < 1.29 is 4.74 Å². The molecule has 1 saturated carbocycles. The normalized spacial score (nSPS) is 15.4. The molecule has 7 heteroatoms. The third kappa shape index (κ3) is 6.20. The van der Waals surface area contributed by atoms with Gasteiger partial charge in [0, 0.05) is 26.8 Å². The minimum atomic E-state index is 0. The summed E-state index contributed by atoms with van der Waals surface area (Å²) >= 11 is 0. The molecule has 1 aromatic carbocycles. The van der Waals surface area contributed by atoms with Crippen molar-refractivity contribution in [2.45, 2.75) is 39.2 Å². The third-order valence-corrected chi connectivity index (χ3v) is 5.33. The zero-order chi connectivity index (χ0) is 19.0. The summed E-state index contributed by atoms with van der Waals surface area (Å²) in [7, 11) is 1.78. The lowest BCUT2D eigenvalue weighted by Crippen LogP contribution is -2.47. The van der Waals surface area contributed by atoms with Crippen molar-refractivity contribution in [1.82, 2.24) is 20.6 Å². The molecular formula is C21H32IN5O. The van der Waals surface area contributed by atoms with Crippen LogP contribution in [0.25, 0.3) is 11.3 Å². The molecule has 28 heavy (non-hydrogen) atoms. The monoisotopic (exact) mass is 497 g/mol. The Balaban J connectivity index is 0.00000280. The van der Waals surface area contributed by atoms with Gasteiger partial charge >= 0.3 is 0 Å². The van der Waals surface area contributed by atoms with Gasteiger partial charge in [-0.2, -0.15) is 0 Å². The highest BCUT2D eigenvalue weighted by Gasteiger charge is 2.36. The number of guanidine groups is 1. The lowest BCUT2D eigenvalue weighted by Gasteiger charge is -2.42. The maximum absolute atomic E-state index is 5.29. The number of nitrogens with zero attached hydrogens (tertiary/aromatic N) is 2. The summed E-state index contributed by atoms with van der Waals surface area (Å²) in [6.07, 6.45) is 6.82.